The van der Waals surface area contributed by atoms with Crippen LogP contribution in [0.15, 0.2) is 59.3 Å². The Balaban J connectivity index is 1.08. The van der Waals surface area contributed by atoms with E-state index in [0.29, 0.717) is 41.9 Å². The molecule has 1 atom stereocenters. The summed E-state index contributed by atoms with van der Waals surface area (Å²) < 4.78 is 32.3. The van der Waals surface area contributed by atoms with Gasteiger partial charge < -0.3 is 29.6 Å². The van der Waals surface area contributed by atoms with Gasteiger partial charge in [0.15, 0.2) is 17.2 Å². The Kier molecular flexibility index (Phi) is 8.34. The number of nitrogens with one attached hydrogen (secondary N) is 2. The zero-order chi connectivity index (χ0) is 31.7. The average molecular weight is 636 g/mol. The Morgan fingerprint density at radius 3 is 2.69 bits per heavy atom. The summed E-state index contributed by atoms with van der Waals surface area (Å²) in [5.74, 6) is -1.41. The maximum atomic E-state index is 14.8. The first kappa shape index (κ1) is 30.4. The van der Waals surface area contributed by atoms with E-state index in [0.717, 1.165) is 18.4 Å². The van der Waals surface area contributed by atoms with E-state index in [4.69, 9.17) is 25.5 Å². The van der Waals surface area contributed by atoms with Gasteiger partial charge in [-0.3, -0.25) is 9.69 Å². The number of hydrogen-bond donors (Lipinski definition) is 3. The highest BCUT2D eigenvalue weighted by Crippen LogP contribution is 2.49. The van der Waals surface area contributed by atoms with Crippen molar-refractivity contribution in [1.82, 2.24) is 14.9 Å². The highest BCUT2D eigenvalue weighted by atomic mass is 35.5. The Hall–Kier alpha value is -4.68. The summed E-state index contributed by atoms with van der Waals surface area (Å²) in [6, 6.07) is 11.8. The van der Waals surface area contributed by atoms with E-state index in [1.165, 1.54) is 18.5 Å². The third kappa shape index (κ3) is 6.43. The number of carboxylic acids is 1. The minimum Gasteiger partial charge on any atom is -0.476 e. The molecule has 0 spiro atoms. The molecule has 3 N–H and O–H groups in total. The molecule has 4 aromatic rings. The highest BCUT2D eigenvalue weighted by Gasteiger charge is 2.43. The summed E-state index contributed by atoms with van der Waals surface area (Å²) in [6.07, 6.45) is 4.46. The molecule has 2 aromatic heterocycles. The topological polar surface area (TPSA) is 139 Å². The van der Waals surface area contributed by atoms with Gasteiger partial charge in [0.25, 0.3) is 5.79 Å². The van der Waals surface area contributed by atoms with Crippen molar-refractivity contribution in [3.63, 3.8) is 0 Å². The molecule has 6 rings (SSSR count). The van der Waals surface area contributed by atoms with Crippen LogP contribution in [0.1, 0.15) is 58.8 Å². The van der Waals surface area contributed by atoms with Crippen molar-refractivity contribution in [2.45, 2.75) is 44.9 Å². The quantitative estimate of drug-likeness (QED) is 0.202. The van der Waals surface area contributed by atoms with Crippen molar-refractivity contribution in [2.24, 2.45) is 0 Å². The maximum absolute atomic E-state index is 14.8. The fraction of sp³-hybridized carbons (Fsp3) is 0.312. The number of aromatic carboxylic acids is 1. The number of aromatic nitrogens is 2. The van der Waals surface area contributed by atoms with E-state index in [2.05, 4.69) is 20.6 Å². The molecule has 234 valence electrons. The monoisotopic (exact) mass is 635 g/mol. The average Bonchev–Trinajstić information content (AvgIpc) is 3.65. The van der Waals surface area contributed by atoms with E-state index in [9.17, 15) is 19.1 Å². The van der Waals surface area contributed by atoms with E-state index >= 15 is 0 Å². The molecule has 2 aromatic carbocycles. The van der Waals surface area contributed by atoms with E-state index < -0.39 is 17.6 Å². The molecule has 11 nitrogen and oxygen atoms in total. The van der Waals surface area contributed by atoms with Gasteiger partial charge in [-0.15, -0.1) is 0 Å². The number of carbonyl (C=O) groups excluding carboxylic acids is 1. The number of anilines is 2. The van der Waals surface area contributed by atoms with Crippen molar-refractivity contribution in [2.75, 3.05) is 30.3 Å². The predicted molar refractivity (Wildman–Crippen MR) is 163 cm³/mol. The number of nitrogens with zero attached hydrogens (tertiary/aromatic N) is 3. The lowest BCUT2D eigenvalue weighted by molar-refractivity contribution is -0.117. The number of hydrogen-bond acceptors (Lipinski definition) is 9. The van der Waals surface area contributed by atoms with Crippen LogP contribution in [0, 0.1) is 12.7 Å². The predicted octanol–water partition coefficient (Wildman–Crippen LogP) is 5.94. The van der Waals surface area contributed by atoms with Gasteiger partial charge >= 0.3 is 5.97 Å². The first-order chi connectivity index (χ1) is 21.6. The largest absolute Gasteiger partial charge is 0.476 e. The van der Waals surface area contributed by atoms with Crippen molar-refractivity contribution >= 4 is 35.0 Å². The number of pyridine rings is 1. The SMILES string of the molecule is Cc1cc(NCc2ncco2)nc(C(=O)O)c1NC(=O)CN1CCC(c2cccc3c2OC(C)(c2ccc(Cl)cc2F)O3)CC1. The van der Waals surface area contributed by atoms with E-state index in [-0.39, 0.29) is 46.9 Å². The smallest absolute Gasteiger partial charge is 0.356 e. The fourth-order valence-corrected chi connectivity index (χ4v) is 5.96. The van der Waals surface area contributed by atoms with Gasteiger partial charge in [-0.2, -0.15) is 0 Å². The van der Waals surface area contributed by atoms with Gasteiger partial charge in [-0.25, -0.2) is 19.2 Å². The van der Waals surface area contributed by atoms with Crippen molar-refractivity contribution in [1.29, 1.82) is 0 Å². The zero-order valence-electron chi connectivity index (χ0n) is 24.6. The number of carbonyl (C=O) groups is 2. The van der Waals surface area contributed by atoms with Crippen LogP contribution < -0.4 is 20.1 Å². The Labute approximate surface area is 263 Å². The van der Waals surface area contributed by atoms with Gasteiger partial charge in [-0.05, 0) is 74.7 Å². The number of rotatable bonds is 9. The number of oxazole rings is 1. The fourth-order valence-electron chi connectivity index (χ4n) is 5.80. The van der Waals surface area contributed by atoms with Crippen LogP contribution in [-0.4, -0.2) is 51.5 Å². The number of piperidine rings is 1. The first-order valence-electron chi connectivity index (χ1n) is 14.5. The summed E-state index contributed by atoms with van der Waals surface area (Å²) in [5, 5.41) is 15.8. The van der Waals surface area contributed by atoms with Crippen molar-refractivity contribution in [3.8, 4) is 11.5 Å². The molecule has 45 heavy (non-hydrogen) atoms. The lowest BCUT2D eigenvalue weighted by Gasteiger charge is -2.32. The molecule has 1 saturated heterocycles. The van der Waals surface area contributed by atoms with Gasteiger partial charge in [0, 0.05) is 17.5 Å². The van der Waals surface area contributed by atoms with Gasteiger partial charge in [-0.1, -0.05) is 23.7 Å². The third-order valence-corrected chi connectivity index (χ3v) is 8.25. The second-order valence-corrected chi connectivity index (χ2v) is 11.6. The van der Waals surface area contributed by atoms with E-state index in [1.54, 1.807) is 38.1 Å². The third-order valence-electron chi connectivity index (χ3n) is 8.01. The number of para-hydroxylation sites is 1. The minimum absolute atomic E-state index is 0.0931. The lowest BCUT2D eigenvalue weighted by Crippen LogP contribution is -2.39. The summed E-state index contributed by atoms with van der Waals surface area (Å²) >= 11 is 5.94. The molecule has 1 unspecified atom stereocenters. The minimum atomic E-state index is -1.33. The molecule has 1 fully saturated rings. The van der Waals surface area contributed by atoms with Crippen LogP contribution in [0.25, 0.3) is 0 Å². The van der Waals surface area contributed by atoms with Crippen LogP contribution >= 0.6 is 11.6 Å². The summed E-state index contributed by atoms with van der Waals surface area (Å²) in [7, 11) is 0. The Bertz CT molecular complexity index is 1740. The first-order valence-corrected chi connectivity index (χ1v) is 14.8. The number of aryl methyl sites for hydroxylation is 1. The molecule has 2 aliphatic rings. The molecule has 0 aliphatic carbocycles. The Morgan fingerprint density at radius 2 is 1.98 bits per heavy atom. The number of carboxylic acid groups (broad SMARTS) is 1. The highest BCUT2D eigenvalue weighted by molar-refractivity contribution is 6.30. The van der Waals surface area contributed by atoms with Crippen LogP contribution in [0.5, 0.6) is 11.5 Å². The zero-order valence-corrected chi connectivity index (χ0v) is 25.4. The second kappa shape index (κ2) is 12.4. The molecule has 0 bridgehead atoms. The number of ether oxygens (including phenoxy) is 2. The van der Waals surface area contributed by atoms with Gasteiger partial charge in [0.1, 0.15) is 17.9 Å². The molecule has 1 amide bonds. The van der Waals surface area contributed by atoms with Crippen LogP contribution in [0.4, 0.5) is 15.9 Å². The molecule has 4 heterocycles. The number of halogens is 2. The molecular formula is C32H31ClFN5O6. The van der Waals surface area contributed by atoms with Crippen LogP contribution in [0.2, 0.25) is 5.02 Å². The van der Waals surface area contributed by atoms with Gasteiger partial charge in [0.2, 0.25) is 11.8 Å². The second-order valence-electron chi connectivity index (χ2n) is 11.2. The number of benzene rings is 2. The van der Waals surface area contributed by atoms with Crippen LogP contribution in [0.3, 0.4) is 0 Å². The van der Waals surface area contributed by atoms with Crippen molar-refractivity contribution < 1.29 is 33.0 Å². The van der Waals surface area contributed by atoms with E-state index in [1.807, 2.05) is 17.0 Å². The normalized spacial score (nSPS) is 18.1. The molecule has 2 aliphatic heterocycles. The summed E-state index contributed by atoms with van der Waals surface area (Å²) in [6.45, 7) is 4.99. The Morgan fingerprint density at radius 1 is 1.18 bits per heavy atom. The van der Waals surface area contributed by atoms with Crippen LogP contribution in [-0.2, 0) is 17.1 Å². The number of amides is 1. The standard InChI is InChI=1S/C32H31ClFN5O6/c1-18-14-25(36-16-27-35-10-13-43-27)37-29(31(41)42)28(18)38-26(40)17-39-11-8-19(9-12-39)21-4-3-5-24-30(21)45-32(2,44-24)22-7-6-20(33)15-23(22)34/h3-7,10,13-15,19H,8-9,11-12,16-17H2,1-2H3,(H,36,37)(H,38,40)(H,41,42). The number of fused-ring (bicyclic) bond motifs is 1. The molecule has 0 saturated carbocycles. The molecule has 0 radical (unpaired) electrons. The molecular weight excluding hydrogens is 605 g/mol. The van der Waals surface area contributed by atoms with Crippen molar-refractivity contribution in [3.05, 3.63) is 94.0 Å². The lowest BCUT2D eigenvalue weighted by atomic mass is 9.88. The molecule has 13 heteroatoms. The summed E-state index contributed by atoms with van der Waals surface area (Å²) in [4.78, 5) is 35.3. The maximum Gasteiger partial charge on any atom is 0.356 e. The summed E-state index contributed by atoms with van der Waals surface area (Å²) in [5.41, 5.74) is 1.67. The number of likely N-dealkylation sites (tertiary alicyclic amines) is 1. The van der Waals surface area contributed by atoms with Gasteiger partial charge in [0.05, 0.1) is 30.5 Å².